The topological polar surface area (TPSA) is 63.6 Å². The standard InChI is InChI=1S/C17H26O4/c1-2-3-5-9-15-14(10-11-16(15)18)8-6-4-7-12-21-13-17(19)20/h3,5H,2,4,6-13H2,1H3,(H,19,20)/b5-3-. The van der Waals surface area contributed by atoms with Gasteiger partial charge in [-0.1, -0.05) is 31.1 Å². The van der Waals surface area contributed by atoms with Crippen molar-refractivity contribution in [3.8, 4) is 0 Å². The third-order valence-corrected chi connectivity index (χ3v) is 3.63. The fraction of sp³-hybridized carbons (Fsp3) is 0.647. The number of rotatable bonds is 11. The molecule has 0 aromatic heterocycles. The average Bonchev–Trinajstić information content (AvgIpc) is 2.79. The van der Waals surface area contributed by atoms with Crippen molar-refractivity contribution >= 4 is 11.8 Å². The van der Waals surface area contributed by atoms with E-state index in [4.69, 9.17) is 9.84 Å². The second-order valence-corrected chi connectivity index (χ2v) is 5.35. The summed E-state index contributed by atoms with van der Waals surface area (Å²) in [5.41, 5.74) is 2.36. The van der Waals surface area contributed by atoms with E-state index in [1.54, 1.807) is 0 Å². The van der Waals surface area contributed by atoms with Crippen LogP contribution in [0.25, 0.3) is 0 Å². The van der Waals surface area contributed by atoms with Gasteiger partial charge >= 0.3 is 5.97 Å². The first-order valence-corrected chi connectivity index (χ1v) is 7.83. The largest absolute Gasteiger partial charge is 0.480 e. The zero-order valence-electron chi connectivity index (χ0n) is 12.9. The van der Waals surface area contributed by atoms with Gasteiger partial charge in [-0.2, -0.15) is 0 Å². The lowest BCUT2D eigenvalue weighted by atomic mass is 10.0. The number of carboxylic acids is 1. The van der Waals surface area contributed by atoms with Crippen molar-refractivity contribution in [2.24, 2.45) is 0 Å². The minimum absolute atomic E-state index is 0.215. The van der Waals surface area contributed by atoms with E-state index in [-0.39, 0.29) is 6.61 Å². The maximum absolute atomic E-state index is 11.8. The minimum atomic E-state index is -0.922. The molecule has 0 unspecified atom stereocenters. The highest BCUT2D eigenvalue weighted by molar-refractivity contribution is 5.98. The number of carboxylic acid groups (broad SMARTS) is 1. The second kappa shape index (κ2) is 10.3. The van der Waals surface area contributed by atoms with Crippen LogP contribution in [0.3, 0.4) is 0 Å². The summed E-state index contributed by atoms with van der Waals surface area (Å²) in [7, 11) is 0. The maximum Gasteiger partial charge on any atom is 0.329 e. The molecule has 0 fully saturated rings. The number of unbranched alkanes of at least 4 members (excludes halogenated alkanes) is 2. The van der Waals surface area contributed by atoms with Gasteiger partial charge in [-0.25, -0.2) is 4.79 Å². The number of ether oxygens (including phenoxy) is 1. The number of allylic oxidation sites excluding steroid dienone is 4. The van der Waals surface area contributed by atoms with Crippen molar-refractivity contribution in [3.05, 3.63) is 23.3 Å². The van der Waals surface area contributed by atoms with E-state index >= 15 is 0 Å². The summed E-state index contributed by atoms with van der Waals surface area (Å²) in [5.74, 6) is -0.607. The van der Waals surface area contributed by atoms with Gasteiger partial charge < -0.3 is 9.84 Å². The molecule has 0 radical (unpaired) electrons. The van der Waals surface area contributed by atoms with Gasteiger partial charge in [0.25, 0.3) is 0 Å². The first kappa shape index (κ1) is 17.6. The third kappa shape index (κ3) is 7.23. The van der Waals surface area contributed by atoms with Gasteiger partial charge in [-0.05, 0) is 44.1 Å². The molecule has 0 spiro atoms. The van der Waals surface area contributed by atoms with Crippen LogP contribution in [0.15, 0.2) is 23.3 Å². The quantitative estimate of drug-likeness (QED) is 0.466. The second-order valence-electron chi connectivity index (χ2n) is 5.35. The Bertz CT molecular complexity index is 407. The Hall–Kier alpha value is -1.42. The highest BCUT2D eigenvalue weighted by Gasteiger charge is 2.20. The Morgan fingerprint density at radius 2 is 2.05 bits per heavy atom. The fourth-order valence-corrected chi connectivity index (χ4v) is 2.54. The highest BCUT2D eigenvalue weighted by atomic mass is 16.5. The number of carbonyl (C=O) groups is 2. The van der Waals surface area contributed by atoms with Crippen LogP contribution in [-0.2, 0) is 14.3 Å². The molecular formula is C17H26O4. The summed E-state index contributed by atoms with van der Waals surface area (Å²) in [6.07, 6.45) is 11.5. The molecule has 0 saturated heterocycles. The van der Waals surface area contributed by atoms with Crippen LogP contribution in [0.4, 0.5) is 0 Å². The molecule has 21 heavy (non-hydrogen) atoms. The van der Waals surface area contributed by atoms with Gasteiger partial charge in [0, 0.05) is 13.0 Å². The van der Waals surface area contributed by atoms with Crippen LogP contribution in [0.5, 0.6) is 0 Å². The molecule has 0 aliphatic heterocycles. The molecule has 118 valence electrons. The van der Waals surface area contributed by atoms with Crippen LogP contribution < -0.4 is 0 Å². The van der Waals surface area contributed by atoms with Crippen molar-refractivity contribution in [1.82, 2.24) is 0 Å². The van der Waals surface area contributed by atoms with E-state index in [2.05, 4.69) is 19.1 Å². The lowest BCUT2D eigenvalue weighted by Crippen LogP contribution is -2.07. The van der Waals surface area contributed by atoms with Crippen molar-refractivity contribution in [2.45, 2.75) is 58.3 Å². The smallest absolute Gasteiger partial charge is 0.329 e. The molecule has 0 aromatic rings. The summed E-state index contributed by atoms with van der Waals surface area (Å²) in [6, 6.07) is 0. The lowest BCUT2D eigenvalue weighted by Gasteiger charge is -2.05. The van der Waals surface area contributed by atoms with Gasteiger partial charge in [0.2, 0.25) is 0 Å². The minimum Gasteiger partial charge on any atom is -0.480 e. The molecule has 0 bridgehead atoms. The van der Waals surface area contributed by atoms with Gasteiger partial charge in [0.15, 0.2) is 5.78 Å². The molecule has 0 amide bonds. The summed E-state index contributed by atoms with van der Waals surface area (Å²) in [6.45, 7) is 2.37. The monoisotopic (exact) mass is 294 g/mol. The number of aliphatic carboxylic acids is 1. The molecule has 1 aliphatic rings. The van der Waals surface area contributed by atoms with Crippen molar-refractivity contribution < 1.29 is 19.4 Å². The Kier molecular flexibility index (Phi) is 8.67. The Morgan fingerprint density at radius 1 is 1.24 bits per heavy atom. The number of hydrogen-bond donors (Lipinski definition) is 1. The van der Waals surface area contributed by atoms with Gasteiger partial charge in [-0.3, -0.25) is 4.79 Å². The SMILES string of the molecule is CC/C=C\CC1=C(CCCCCOCC(=O)O)CCC1=O. The predicted molar refractivity (Wildman–Crippen MR) is 82.2 cm³/mol. The van der Waals surface area contributed by atoms with Crippen LogP contribution >= 0.6 is 0 Å². The van der Waals surface area contributed by atoms with E-state index < -0.39 is 5.97 Å². The Labute approximate surface area is 126 Å². The average molecular weight is 294 g/mol. The zero-order valence-corrected chi connectivity index (χ0v) is 12.9. The molecular weight excluding hydrogens is 268 g/mol. The molecule has 0 saturated carbocycles. The summed E-state index contributed by atoms with van der Waals surface area (Å²) in [4.78, 5) is 22.1. The molecule has 0 aromatic carbocycles. The van der Waals surface area contributed by atoms with Crippen molar-refractivity contribution in [2.75, 3.05) is 13.2 Å². The number of carbonyl (C=O) groups excluding carboxylic acids is 1. The normalized spacial score (nSPS) is 15.4. The Balaban J connectivity index is 2.23. The number of hydrogen-bond acceptors (Lipinski definition) is 3. The first-order valence-electron chi connectivity index (χ1n) is 7.83. The molecule has 1 aliphatic carbocycles. The summed E-state index contributed by atoms with van der Waals surface area (Å²) < 4.78 is 5.00. The van der Waals surface area contributed by atoms with Crippen LogP contribution in [0.1, 0.15) is 58.3 Å². The van der Waals surface area contributed by atoms with Crippen molar-refractivity contribution in [3.63, 3.8) is 0 Å². The molecule has 4 heteroatoms. The number of Topliss-reactive ketones (excluding diaryl/α,β-unsaturated/α-hetero) is 1. The first-order chi connectivity index (χ1) is 10.1. The third-order valence-electron chi connectivity index (χ3n) is 3.63. The molecule has 1 N–H and O–H groups in total. The van der Waals surface area contributed by atoms with Gasteiger partial charge in [0.05, 0.1) is 0 Å². The van der Waals surface area contributed by atoms with Crippen LogP contribution in [-0.4, -0.2) is 30.1 Å². The van der Waals surface area contributed by atoms with E-state index in [9.17, 15) is 9.59 Å². The molecule has 0 atom stereocenters. The van der Waals surface area contributed by atoms with Gasteiger partial charge in [-0.15, -0.1) is 0 Å². The van der Waals surface area contributed by atoms with Gasteiger partial charge in [0.1, 0.15) is 6.61 Å². The molecule has 1 rings (SSSR count). The van der Waals surface area contributed by atoms with Crippen LogP contribution in [0, 0.1) is 0 Å². The zero-order chi connectivity index (χ0) is 15.5. The Morgan fingerprint density at radius 3 is 2.76 bits per heavy atom. The lowest BCUT2D eigenvalue weighted by molar-refractivity contribution is -0.142. The number of ketones is 1. The molecule has 0 heterocycles. The van der Waals surface area contributed by atoms with E-state index in [0.717, 1.165) is 50.5 Å². The highest BCUT2D eigenvalue weighted by Crippen LogP contribution is 2.29. The van der Waals surface area contributed by atoms with E-state index in [0.29, 0.717) is 18.8 Å². The van der Waals surface area contributed by atoms with E-state index in [1.165, 1.54) is 5.57 Å². The molecule has 4 nitrogen and oxygen atoms in total. The summed E-state index contributed by atoms with van der Waals surface area (Å²) in [5, 5.41) is 8.43. The summed E-state index contributed by atoms with van der Waals surface area (Å²) >= 11 is 0. The predicted octanol–water partition coefficient (Wildman–Crippen LogP) is 3.66. The van der Waals surface area contributed by atoms with Crippen molar-refractivity contribution in [1.29, 1.82) is 0 Å². The van der Waals surface area contributed by atoms with Crippen LogP contribution in [0.2, 0.25) is 0 Å². The fourth-order valence-electron chi connectivity index (χ4n) is 2.54. The van der Waals surface area contributed by atoms with E-state index in [1.807, 2.05) is 0 Å². The maximum atomic E-state index is 11.8.